The monoisotopic (exact) mass is 517 g/mol. The molecule has 3 aromatic rings. The number of ether oxygens (including phenoxy) is 2. The number of piperidine rings is 1. The van der Waals surface area contributed by atoms with Gasteiger partial charge in [-0.25, -0.2) is 15.0 Å². The molecule has 1 aliphatic heterocycles. The Labute approximate surface area is 212 Å². The van der Waals surface area contributed by atoms with Gasteiger partial charge in [0.2, 0.25) is 0 Å². The van der Waals surface area contributed by atoms with E-state index in [0.717, 1.165) is 63.5 Å². The number of halogens is 3. The summed E-state index contributed by atoms with van der Waals surface area (Å²) >= 11 is 0. The van der Waals surface area contributed by atoms with Crippen LogP contribution in [-0.4, -0.2) is 57.8 Å². The number of nitrogens with one attached hydrogen (secondary N) is 1. The molecule has 0 aromatic carbocycles. The van der Waals surface area contributed by atoms with Crippen molar-refractivity contribution in [2.24, 2.45) is 5.92 Å². The summed E-state index contributed by atoms with van der Waals surface area (Å²) in [6.07, 6.45) is 2.79. The predicted molar refractivity (Wildman–Crippen MR) is 131 cm³/mol. The fraction of sp³-hybridized carbons (Fsp3) is 0.538. The average Bonchev–Trinajstić information content (AvgIpc) is 3.33. The second-order valence-corrected chi connectivity index (χ2v) is 9.60. The van der Waals surface area contributed by atoms with Crippen LogP contribution in [0.15, 0.2) is 30.5 Å². The number of rotatable bonds is 6. The molecule has 1 N–H and O–H groups in total. The minimum atomic E-state index is -4.51. The molecule has 2 fully saturated rings. The van der Waals surface area contributed by atoms with Crippen LogP contribution < -0.4 is 4.90 Å². The zero-order valence-electron chi connectivity index (χ0n) is 20.6. The molecule has 5 rings (SSSR count). The van der Waals surface area contributed by atoms with Crippen molar-refractivity contribution in [2.75, 3.05) is 24.6 Å². The van der Waals surface area contributed by atoms with Gasteiger partial charge >= 0.3 is 12.1 Å². The number of fused-ring (bicyclic) bond motifs is 1. The first-order chi connectivity index (χ1) is 17.8. The zero-order chi connectivity index (χ0) is 26.0. The molecule has 198 valence electrons. The lowest BCUT2D eigenvalue weighted by molar-refractivity contribution is -0.150. The van der Waals surface area contributed by atoms with Crippen molar-refractivity contribution < 1.29 is 27.4 Å². The summed E-state index contributed by atoms with van der Waals surface area (Å²) < 4.78 is 50.3. The van der Waals surface area contributed by atoms with E-state index in [4.69, 9.17) is 9.47 Å². The van der Waals surface area contributed by atoms with Gasteiger partial charge in [0.1, 0.15) is 22.9 Å². The third-order valence-corrected chi connectivity index (χ3v) is 7.10. The number of alkyl halides is 3. The molecule has 0 atom stereocenters. The average molecular weight is 518 g/mol. The summed E-state index contributed by atoms with van der Waals surface area (Å²) in [5, 5.41) is 0. The molecule has 37 heavy (non-hydrogen) atoms. The van der Waals surface area contributed by atoms with Crippen LogP contribution in [-0.2, 0) is 20.4 Å². The van der Waals surface area contributed by atoms with Crippen molar-refractivity contribution in [1.29, 1.82) is 0 Å². The molecule has 4 heterocycles. The van der Waals surface area contributed by atoms with Crippen molar-refractivity contribution in [3.8, 4) is 11.4 Å². The molecule has 1 aliphatic carbocycles. The third kappa shape index (κ3) is 5.87. The van der Waals surface area contributed by atoms with Gasteiger partial charge in [0.05, 0.1) is 24.7 Å². The second-order valence-electron chi connectivity index (χ2n) is 9.60. The van der Waals surface area contributed by atoms with Crippen LogP contribution in [0.1, 0.15) is 51.1 Å². The van der Waals surface area contributed by atoms with E-state index in [-0.39, 0.29) is 29.7 Å². The Morgan fingerprint density at radius 2 is 1.76 bits per heavy atom. The Morgan fingerprint density at radius 1 is 1.03 bits per heavy atom. The van der Waals surface area contributed by atoms with Crippen LogP contribution >= 0.6 is 0 Å². The number of hydrogen-bond donors (Lipinski definition) is 1. The Bertz CT molecular complexity index is 1210. The lowest BCUT2D eigenvalue weighted by Crippen LogP contribution is -2.39. The van der Waals surface area contributed by atoms with Crippen LogP contribution in [0.4, 0.5) is 19.0 Å². The maximum absolute atomic E-state index is 12.9. The summed E-state index contributed by atoms with van der Waals surface area (Å²) in [6.45, 7) is 3.91. The molecule has 0 spiro atoms. The SMILES string of the molecule is CCOC(=O)C1CCC(OC2CCN(c3ccc(-c4nc5ccc(C(F)(F)F)nc5[nH]4)cn3)CC2)CC1. The van der Waals surface area contributed by atoms with Crippen LogP contribution in [0.2, 0.25) is 0 Å². The number of anilines is 1. The number of carbonyl (C=O) groups is 1. The first kappa shape index (κ1) is 25.4. The quantitative estimate of drug-likeness (QED) is 0.452. The number of esters is 1. The molecule has 0 bridgehead atoms. The van der Waals surface area contributed by atoms with E-state index in [9.17, 15) is 18.0 Å². The summed E-state index contributed by atoms with van der Waals surface area (Å²) in [7, 11) is 0. The standard InChI is InChI=1S/C26H30F3N5O3/c1-2-36-25(35)16-3-6-18(7-4-16)37-19-11-13-34(14-12-19)22-10-5-17(15-30-22)23-31-20-8-9-21(26(27,28)29)32-24(20)33-23/h5,8-10,15-16,18-19H,2-4,6-7,11-14H2,1H3,(H,31,32,33). The molecule has 1 saturated heterocycles. The molecule has 3 aromatic heterocycles. The third-order valence-electron chi connectivity index (χ3n) is 7.10. The van der Waals surface area contributed by atoms with Gasteiger partial charge in [-0.05, 0) is 69.7 Å². The molecule has 11 heteroatoms. The predicted octanol–water partition coefficient (Wildman–Crippen LogP) is 5.15. The summed E-state index contributed by atoms with van der Waals surface area (Å²) in [4.78, 5) is 29.6. The topological polar surface area (TPSA) is 93.2 Å². The molecule has 0 amide bonds. The lowest BCUT2D eigenvalue weighted by atomic mass is 9.87. The number of hydrogen-bond acceptors (Lipinski definition) is 7. The first-order valence-electron chi connectivity index (χ1n) is 12.8. The number of aromatic amines is 1. The molecule has 0 unspecified atom stereocenters. The smallest absolute Gasteiger partial charge is 0.433 e. The van der Waals surface area contributed by atoms with Gasteiger partial charge in [0.25, 0.3) is 0 Å². The summed E-state index contributed by atoms with van der Waals surface area (Å²) in [6, 6.07) is 5.99. The summed E-state index contributed by atoms with van der Waals surface area (Å²) in [5.74, 6) is 1.18. The highest BCUT2D eigenvalue weighted by Crippen LogP contribution is 2.31. The van der Waals surface area contributed by atoms with E-state index in [0.29, 0.717) is 23.5 Å². The Kier molecular flexibility index (Phi) is 7.32. The molecular weight excluding hydrogens is 487 g/mol. The zero-order valence-corrected chi connectivity index (χ0v) is 20.6. The largest absolute Gasteiger partial charge is 0.466 e. The van der Waals surface area contributed by atoms with Crippen molar-refractivity contribution >= 4 is 23.0 Å². The number of aromatic nitrogens is 4. The second kappa shape index (κ2) is 10.6. The van der Waals surface area contributed by atoms with Gasteiger partial charge < -0.3 is 19.4 Å². The van der Waals surface area contributed by atoms with Crippen molar-refractivity contribution in [3.63, 3.8) is 0 Å². The number of pyridine rings is 2. The van der Waals surface area contributed by atoms with Crippen LogP contribution in [0, 0.1) is 5.92 Å². The fourth-order valence-corrected chi connectivity index (χ4v) is 5.09. The van der Waals surface area contributed by atoms with Gasteiger partial charge in [-0.3, -0.25) is 4.79 Å². The molecular formula is C26H30F3N5O3. The van der Waals surface area contributed by atoms with Gasteiger partial charge in [-0.1, -0.05) is 0 Å². The van der Waals surface area contributed by atoms with Crippen LogP contribution in [0.25, 0.3) is 22.6 Å². The van der Waals surface area contributed by atoms with E-state index < -0.39 is 11.9 Å². The number of imidazole rings is 1. The van der Waals surface area contributed by atoms with E-state index in [1.54, 1.807) is 6.20 Å². The number of carbonyl (C=O) groups excluding carboxylic acids is 1. The molecule has 0 radical (unpaired) electrons. The fourth-order valence-electron chi connectivity index (χ4n) is 5.09. The minimum Gasteiger partial charge on any atom is -0.466 e. The maximum Gasteiger partial charge on any atom is 0.433 e. The van der Waals surface area contributed by atoms with Crippen molar-refractivity contribution in [3.05, 3.63) is 36.2 Å². The van der Waals surface area contributed by atoms with Crippen LogP contribution in [0.5, 0.6) is 0 Å². The maximum atomic E-state index is 12.9. The molecule has 1 saturated carbocycles. The number of nitrogens with zero attached hydrogens (tertiary/aromatic N) is 4. The molecule has 8 nitrogen and oxygen atoms in total. The highest BCUT2D eigenvalue weighted by molar-refractivity contribution is 5.76. The van der Waals surface area contributed by atoms with Gasteiger partial charge in [-0.2, -0.15) is 13.2 Å². The Balaban J connectivity index is 1.13. The normalized spacial score (nSPS) is 21.4. The highest BCUT2D eigenvalue weighted by Gasteiger charge is 2.33. The van der Waals surface area contributed by atoms with Crippen molar-refractivity contribution in [1.82, 2.24) is 19.9 Å². The van der Waals surface area contributed by atoms with E-state index in [1.807, 2.05) is 19.1 Å². The number of H-pyrrole nitrogens is 1. The van der Waals surface area contributed by atoms with Crippen LogP contribution in [0.3, 0.4) is 0 Å². The van der Waals surface area contributed by atoms with Gasteiger partial charge in [-0.15, -0.1) is 0 Å². The van der Waals surface area contributed by atoms with Gasteiger partial charge in [0.15, 0.2) is 5.65 Å². The van der Waals surface area contributed by atoms with E-state index in [1.165, 1.54) is 6.07 Å². The summed E-state index contributed by atoms with van der Waals surface area (Å²) in [5.41, 5.74) is 0.168. The van der Waals surface area contributed by atoms with Crippen molar-refractivity contribution in [2.45, 2.75) is 63.8 Å². The van der Waals surface area contributed by atoms with E-state index in [2.05, 4.69) is 24.8 Å². The Hall–Kier alpha value is -3.21. The van der Waals surface area contributed by atoms with E-state index >= 15 is 0 Å². The first-order valence-corrected chi connectivity index (χ1v) is 12.8. The Morgan fingerprint density at radius 3 is 2.41 bits per heavy atom. The minimum absolute atomic E-state index is 0.00359. The highest BCUT2D eigenvalue weighted by atomic mass is 19.4. The van der Waals surface area contributed by atoms with Gasteiger partial charge in [0, 0.05) is 24.8 Å². The molecule has 2 aliphatic rings. The lowest BCUT2D eigenvalue weighted by Gasteiger charge is -2.36.